The Morgan fingerprint density at radius 1 is 1.29 bits per heavy atom. The van der Waals surface area contributed by atoms with Crippen LogP contribution in [0.25, 0.3) is 0 Å². The molecule has 1 spiro atoms. The quantitative estimate of drug-likeness (QED) is 0.405. The van der Waals surface area contributed by atoms with Gasteiger partial charge in [-0.3, -0.25) is 14.4 Å². The van der Waals surface area contributed by atoms with Gasteiger partial charge in [0.2, 0.25) is 17.7 Å². The van der Waals surface area contributed by atoms with Gasteiger partial charge in [0.1, 0.15) is 6.04 Å². The van der Waals surface area contributed by atoms with Crippen LogP contribution in [0.3, 0.4) is 0 Å². The number of thioether (sulfide) groups is 1. The minimum atomic E-state index is -0.697. The third-order valence-electron chi connectivity index (χ3n) is 7.10. The Morgan fingerprint density at radius 3 is 2.52 bits per heavy atom. The van der Waals surface area contributed by atoms with Gasteiger partial charge in [-0.25, -0.2) is 0 Å². The Morgan fingerprint density at radius 2 is 1.97 bits per heavy atom. The maximum absolute atomic E-state index is 13.9. The highest BCUT2D eigenvalue weighted by Gasteiger charge is 2.76. The van der Waals surface area contributed by atoms with Crippen molar-refractivity contribution < 1.29 is 19.5 Å². The summed E-state index contributed by atoms with van der Waals surface area (Å²) in [5.74, 6) is -1.43. The molecule has 0 saturated carbocycles. The van der Waals surface area contributed by atoms with E-state index in [4.69, 9.17) is 0 Å². The van der Waals surface area contributed by atoms with Crippen molar-refractivity contribution in [2.75, 3.05) is 13.2 Å². The van der Waals surface area contributed by atoms with Crippen LogP contribution < -0.4 is 10.6 Å². The van der Waals surface area contributed by atoms with Gasteiger partial charge in [0.05, 0.1) is 29.2 Å². The molecule has 0 aromatic carbocycles. The summed E-state index contributed by atoms with van der Waals surface area (Å²) in [7, 11) is 0. The number of carbonyl (C=O) groups excluding carboxylic acids is 3. The van der Waals surface area contributed by atoms with E-state index in [0.717, 1.165) is 12.8 Å². The van der Waals surface area contributed by atoms with Gasteiger partial charge >= 0.3 is 0 Å². The van der Waals surface area contributed by atoms with E-state index in [-0.39, 0.29) is 46.4 Å². The third kappa shape index (κ3) is 4.03. The Hall–Kier alpha value is -0.800. The summed E-state index contributed by atoms with van der Waals surface area (Å²) in [5.41, 5.74) is 0. The highest BCUT2D eigenvalue weighted by atomic mass is 79.9. The lowest BCUT2D eigenvalue weighted by Gasteiger charge is -2.39. The van der Waals surface area contributed by atoms with Crippen molar-refractivity contribution in [3.8, 4) is 0 Å². The summed E-state index contributed by atoms with van der Waals surface area (Å²) in [6.07, 6.45) is 2.26. The summed E-state index contributed by atoms with van der Waals surface area (Å²) in [4.78, 5) is 42.3. The molecule has 31 heavy (non-hydrogen) atoms. The number of likely N-dealkylation sites (tertiary alicyclic amines) is 1. The van der Waals surface area contributed by atoms with Crippen LogP contribution in [0.5, 0.6) is 0 Å². The smallest absolute Gasteiger partial charge is 0.244 e. The normalized spacial score (nSPS) is 35.9. The summed E-state index contributed by atoms with van der Waals surface area (Å²) < 4.78 is -0.663. The Labute approximate surface area is 198 Å². The van der Waals surface area contributed by atoms with E-state index < -0.39 is 28.7 Å². The average Bonchev–Trinajstić information content (AvgIpc) is 3.30. The minimum absolute atomic E-state index is 0.0351. The SMILES string of the molecule is CCCNC(=O)[C@H]1[C@H]2C(=O)N([C@@H](CO)[C@@H](C)CC)C(C(=O)NC(C)C)C23CC(Br)[C@@H]1S3. The zero-order valence-corrected chi connectivity index (χ0v) is 21.5. The van der Waals surface area contributed by atoms with E-state index in [1.165, 1.54) is 0 Å². The van der Waals surface area contributed by atoms with Gasteiger partial charge in [0, 0.05) is 22.7 Å². The Kier molecular flexibility index (Phi) is 7.69. The maximum atomic E-state index is 13.9. The molecule has 9 heteroatoms. The molecule has 3 fully saturated rings. The first-order valence-electron chi connectivity index (χ1n) is 11.5. The Bertz CT molecular complexity index is 723. The van der Waals surface area contributed by atoms with Gasteiger partial charge in [-0.15, -0.1) is 11.8 Å². The second-order valence-corrected chi connectivity index (χ2v) is 12.2. The maximum Gasteiger partial charge on any atom is 0.244 e. The van der Waals surface area contributed by atoms with E-state index in [2.05, 4.69) is 26.6 Å². The van der Waals surface area contributed by atoms with Crippen LogP contribution >= 0.6 is 27.7 Å². The first-order valence-corrected chi connectivity index (χ1v) is 13.3. The van der Waals surface area contributed by atoms with Gasteiger partial charge in [0.15, 0.2) is 0 Å². The third-order valence-corrected chi connectivity index (χ3v) is 10.3. The molecule has 7 nitrogen and oxygen atoms in total. The van der Waals surface area contributed by atoms with Crippen LogP contribution in [0, 0.1) is 17.8 Å². The van der Waals surface area contributed by atoms with Crippen LogP contribution in [0.4, 0.5) is 0 Å². The van der Waals surface area contributed by atoms with Crippen LogP contribution in [0.15, 0.2) is 0 Å². The fourth-order valence-electron chi connectivity index (χ4n) is 5.57. The zero-order valence-electron chi connectivity index (χ0n) is 19.1. The molecule has 3 amide bonds. The summed E-state index contributed by atoms with van der Waals surface area (Å²) in [6.45, 7) is 10.2. The van der Waals surface area contributed by atoms with Crippen molar-refractivity contribution in [3.05, 3.63) is 0 Å². The summed E-state index contributed by atoms with van der Waals surface area (Å²) >= 11 is 5.39. The lowest BCUT2D eigenvalue weighted by molar-refractivity contribution is -0.144. The molecule has 3 aliphatic heterocycles. The van der Waals surface area contributed by atoms with Crippen molar-refractivity contribution in [2.45, 2.75) is 86.8 Å². The summed E-state index contributed by atoms with van der Waals surface area (Å²) in [6, 6.07) is -1.21. The van der Waals surface area contributed by atoms with Crippen LogP contribution in [0.1, 0.15) is 53.9 Å². The number of aliphatic hydroxyl groups is 1. The standard InChI is InChI=1S/C22H36BrN3O4S/c1-6-8-24-19(28)15-16-21(30)26(14(10-27)12(5)7-2)18(20(29)25-11(3)4)22(16)9-13(23)17(15)31-22/h11-18,27H,6-10H2,1-5H3,(H,24,28)(H,25,29)/t12-,13?,14-,15-,16-,17-,18?,22?/m0/s1. The van der Waals surface area contributed by atoms with E-state index in [1.807, 2.05) is 34.6 Å². The first-order chi connectivity index (χ1) is 14.6. The molecule has 0 aliphatic carbocycles. The average molecular weight is 519 g/mol. The monoisotopic (exact) mass is 517 g/mol. The molecule has 8 atom stereocenters. The van der Waals surface area contributed by atoms with E-state index in [9.17, 15) is 19.5 Å². The fourth-order valence-corrected chi connectivity index (χ4v) is 9.17. The molecule has 3 rings (SSSR count). The molecule has 3 aliphatic rings. The first kappa shape index (κ1) is 24.8. The number of alkyl halides is 1. The topological polar surface area (TPSA) is 98.7 Å². The number of aliphatic hydroxyl groups excluding tert-OH is 1. The van der Waals surface area contributed by atoms with Crippen molar-refractivity contribution in [1.29, 1.82) is 0 Å². The van der Waals surface area contributed by atoms with Gasteiger partial charge in [-0.2, -0.15) is 0 Å². The number of carbonyl (C=O) groups is 3. The number of halogens is 1. The van der Waals surface area contributed by atoms with Crippen LogP contribution in [0.2, 0.25) is 0 Å². The number of fused-ring (bicyclic) bond motifs is 1. The molecule has 0 radical (unpaired) electrons. The molecule has 3 N–H and O–H groups in total. The molecule has 3 heterocycles. The minimum Gasteiger partial charge on any atom is -0.394 e. The second-order valence-electron chi connectivity index (χ2n) is 9.50. The molecule has 3 unspecified atom stereocenters. The zero-order chi connectivity index (χ0) is 23.1. The number of hydrogen-bond acceptors (Lipinski definition) is 5. The Balaban J connectivity index is 2.07. The number of hydrogen-bond donors (Lipinski definition) is 3. The highest BCUT2D eigenvalue weighted by molar-refractivity contribution is 9.09. The summed E-state index contributed by atoms with van der Waals surface area (Å²) in [5, 5.41) is 16.2. The fraction of sp³-hybridized carbons (Fsp3) is 0.864. The molecule has 0 aromatic rings. The highest BCUT2D eigenvalue weighted by Crippen LogP contribution is 2.68. The molecule has 176 valence electrons. The number of nitrogens with one attached hydrogen (secondary N) is 2. The van der Waals surface area contributed by atoms with Crippen molar-refractivity contribution in [1.82, 2.24) is 15.5 Å². The van der Waals surface area contributed by atoms with Gasteiger partial charge in [0.25, 0.3) is 0 Å². The molecule has 0 aromatic heterocycles. The lowest BCUT2D eigenvalue weighted by atomic mass is 9.70. The largest absolute Gasteiger partial charge is 0.394 e. The molecular weight excluding hydrogens is 482 g/mol. The van der Waals surface area contributed by atoms with Gasteiger partial charge < -0.3 is 20.6 Å². The van der Waals surface area contributed by atoms with E-state index >= 15 is 0 Å². The van der Waals surface area contributed by atoms with Crippen molar-refractivity contribution in [2.24, 2.45) is 17.8 Å². The van der Waals surface area contributed by atoms with Crippen LogP contribution in [-0.2, 0) is 14.4 Å². The molecular formula is C22H36BrN3O4S. The van der Waals surface area contributed by atoms with Crippen molar-refractivity contribution >= 4 is 45.4 Å². The number of amides is 3. The predicted octanol–water partition coefficient (Wildman–Crippen LogP) is 1.91. The lowest BCUT2D eigenvalue weighted by Crippen LogP contribution is -2.58. The molecule has 2 bridgehead atoms. The van der Waals surface area contributed by atoms with E-state index in [1.54, 1.807) is 16.7 Å². The number of nitrogens with zero attached hydrogens (tertiary/aromatic N) is 1. The van der Waals surface area contributed by atoms with E-state index in [0.29, 0.717) is 13.0 Å². The number of rotatable bonds is 9. The van der Waals surface area contributed by atoms with Crippen LogP contribution in [-0.4, -0.2) is 73.8 Å². The van der Waals surface area contributed by atoms with Gasteiger partial charge in [-0.05, 0) is 32.6 Å². The predicted molar refractivity (Wildman–Crippen MR) is 126 cm³/mol. The van der Waals surface area contributed by atoms with Gasteiger partial charge in [-0.1, -0.05) is 43.1 Å². The molecule has 3 saturated heterocycles. The van der Waals surface area contributed by atoms with Crippen molar-refractivity contribution in [3.63, 3.8) is 0 Å². The second kappa shape index (κ2) is 9.59.